The van der Waals surface area contributed by atoms with Crippen molar-refractivity contribution in [1.29, 1.82) is 0 Å². The largest absolute Gasteiger partial charge is 0.417 e. The van der Waals surface area contributed by atoms with Gasteiger partial charge in [-0.2, -0.15) is 13.2 Å². The minimum atomic E-state index is -4.54. The second-order valence-electron chi connectivity index (χ2n) is 6.01. The summed E-state index contributed by atoms with van der Waals surface area (Å²) < 4.78 is 38.4. The van der Waals surface area contributed by atoms with Gasteiger partial charge in [-0.15, -0.1) is 0 Å². The molecule has 3 nitrogen and oxygen atoms in total. The molecule has 1 heterocycles. The molecule has 1 amide bonds. The van der Waals surface area contributed by atoms with E-state index in [-0.39, 0.29) is 23.0 Å². The van der Waals surface area contributed by atoms with Crippen molar-refractivity contribution in [1.82, 2.24) is 4.90 Å². The average Bonchev–Trinajstić information content (AvgIpc) is 2.47. The Morgan fingerprint density at radius 1 is 1.35 bits per heavy atom. The molecule has 1 fully saturated rings. The first-order valence-corrected chi connectivity index (χ1v) is 8.02. The van der Waals surface area contributed by atoms with Crippen LogP contribution in [0.5, 0.6) is 0 Å². The second kappa shape index (κ2) is 7.53. The average molecular weight is 349 g/mol. The number of hydrogen-bond donors (Lipinski definition) is 1. The number of piperidine rings is 1. The summed E-state index contributed by atoms with van der Waals surface area (Å²) in [5.41, 5.74) is -0.832. The Labute approximate surface area is 138 Å². The Hall–Kier alpha value is -1.27. The number of anilines is 1. The molecule has 0 atom stereocenters. The standard InChI is InChI=1S/C16H20ClF3N2O/c1-11-4-7-22(8-5-11)9-6-15(23)21-12-2-3-14(17)13(10-12)16(18,19)20/h2-3,10-11H,4-9H2,1H3,(H,21,23). The Bertz CT molecular complexity index is 555. The third kappa shape index (κ3) is 5.39. The molecule has 1 aliphatic heterocycles. The first-order valence-electron chi connectivity index (χ1n) is 7.64. The number of hydrogen-bond acceptors (Lipinski definition) is 2. The Morgan fingerprint density at radius 3 is 2.61 bits per heavy atom. The summed E-state index contributed by atoms with van der Waals surface area (Å²) in [6.45, 7) is 4.77. The maximum atomic E-state index is 12.8. The van der Waals surface area contributed by atoms with Crippen LogP contribution in [0, 0.1) is 5.92 Å². The lowest BCUT2D eigenvalue weighted by Gasteiger charge is -2.29. The van der Waals surface area contributed by atoms with Crippen molar-refractivity contribution >= 4 is 23.2 Å². The number of amides is 1. The first kappa shape index (κ1) is 18.1. The summed E-state index contributed by atoms with van der Waals surface area (Å²) in [4.78, 5) is 14.1. The van der Waals surface area contributed by atoms with E-state index in [0.717, 1.165) is 44.0 Å². The normalized spacial score (nSPS) is 17.3. The van der Waals surface area contributed by atoms with Crippen LogP contribution >= 0.6 is 11.6 Å². The molecule has 0 radical (unpaired) electrons. The Balaban J connectivity index is 1.88. The van der Waals surface area contributed by atoms with E-state index in [1.807, 2.05) is 0 Å². The molecule has 1 aromatic carbocycles. The molecule has 2 rings (SSSR count). The summed E-state index contributed by atoms with van der Waals surface area (Å²) in [5, 5.41) is 2.13. The zero-order valence-electron chi connectivity index (χ0n) is 12.9. The van der Waals surface area contributed by atoms with Crippen molar-refractivity contribution in [2.45, 2.75) is 32.4 Å². The summed E-state index contributed by atoms with van der Waals surface area (Å²) >= 11 is 5.55. The molecule has 0 unspecified atom stereocenters. The van der Waals surface area contributed by atoms with Crippen LogP contribution in [0.25, 0.3) is 0 Å². The van der Waals surface area contributed by atoms with E-state index in [0.29, 0.717) is 6.54 Å². The van der Waals surface area contributed by atoms with Gasteiger partial charge in [0.25, 0.3) is 0 Å². The summed E-state index contributed by atoms with van der Waals surface area (Å²) in [6, 6.07) is 3.38. The van der Waals surface area contributed by atoms with E-state index in [4.69, 9.17) is 11.6 Å². The van der Waals surface area contributed by atoms with Crippen LogP contribution in [0.4, 0.5) is 18.9 Å². The molecule has 0 bridgehead atoms. The van der Waals surface area contributed by atoms with Gasteiger partial charge in [0, 0.05) is 18.7 Å². The number of nitrogens with zero attached hydrogens (tertiary/aromatic N) is 1. The molecule has 0 spiro atoms. The van der Waals surface area contributed by atoms with Crippen molar-refractivity contribution in [2.24, 2.45) is 5.92 Å². The number of carbonyl (C=O) groups is 1. The number of rotatable bonds is 4. The van der Waals surface area contributed by atoms with Crippen LogP contribution in [-0.2, 0) is 11.0 Å². The maximum absolute atomic E-state index is 12.8. The van der Waals surface area contributed by atoms with Gasteiger partial charge in [-0.1, -0.05) is 18.5 Å². The molecule has 0 aromatic heterocycles. The Kier molecular flexibility index (Phi) is 5.92. The zero-order chi connectivity index (χ0) is 17.0. The minimum Gasteiger partial charge on any atom is -0.326 e. The van der Waals surface area contributed by atoms with Crippen LogP contribution in [0.15, 0.2) is 18.2 Å². The lowest BCUT2D eigenvalue weighted by Crippen LogP contribution is -2.35. The number of carbonyl (C=O) groups excluding carboxylic acids is 1. The quantitative estimate of drug-likeness (QED) is 0.873. The highest BCUT2D eigenvalue weighted by molar-refractivity contribution is 6.31. The minimum absolute atomic E-state index is 0.110. The van der Waals surface area contributed by atoms with Crippen molar-refractivity contribution in [2.75, 3.05) is 25.0 Å². The third-order valence-electron chi connectivity index (χ3n) is 4.09. The molecule has 23 heavy (non-hydrogen) atoms. The molecular formula is C16H20ClF3N2O. The van der Waals surface area contributed by atoms with Crippen LogP contribution in [-0.4, -0.2) is 30.4 Å². The topological polar surface area (TPSA) is 32.3 Å². The number of benzene rings is 1. The summed E-state index contributed by atoms with van der Waals surface area (Å²) in [6.07, 6.45) is -2.04. The third-order valence-corrected chi connectivity index (χ3v) is 4.42. The molecule has 1 aliphatic rings. The van der Waals surface area contributed by atoms with E-state index in [1.54, 1.807) is 0 Å². The van der Waals surface area contributed by atoms with Crippen molar-refractivity contribution < 1.29 is 18.0 Å². The molecule has 1 aromatic rings. The fraction of sp³-hybridized carbons (Fsp3) is 0.562. The predicted octanol–water partition coefficient (Wildman–Crippen LogP) is 4.42. The highest BCUT2D eigenvalue weighted by atomic mass is 35.5. The number of alkyl halides is 3. The van der Waals surface area contributed by atoms with Crippen LogP contribution < -0.4 is 5.32 Å². The van der Waals surface area contributed by atoms with Crippen LogP contribution in [0.1, 0.15) is 31.7 Å². The van der Waals surface area contributed by atoms with Gasteiger partial charge in [0.1, 0.15) is 0 Å². The van der Waals surface area contributed by atoms with E-state index >= 15 is 0 Å². The van der Waals surface area contributed by atoms with Gasteiger partial charge in [-0.3, -0.25) is 4.79 Å². The zero-order valence-corrected chi connectivity index (χ0v) is 13.7. The lowest BCUT2D eigenvalue weighted by atomic mass is 9.99. The number of halogens is 4. The van der Waals surface area contributed by atoms with Gasteiger partial charge in [0.05, 0.1) is 10.6 Å². The lowest BCUT2D eigenvalue weighted by molar-refractivity contribution is -0.137. The molecule has 7 heteroatoms. The van der Waals surface area contributed by atoms with Gasteiger partial charge >= 0.3 is 6.18 Å². The molecule has 1 N–H and O–H groups in total. The van der Waals surface area contributed by atoms with Crippen LogP contribution in [0.2, 0.25) is 5.02 Å². The van der Waals surface area contributed by atoms with Crippen LogP contribution in [0.3, 0.4) is 0 Å². The smallest absolute Gasteiger partial charge is 0.326 e. The summed E-state index contributed by atoms with van der Waals surface area (Å²) in [7, 11) is 0. The van der Waals surface area contributed by atoms with Gasteiger partial charge < -0.3 is 10.2 Å². The molecule has 0 saturated carbocycles. The first-order chi connectivity index (χ1) is 10.8. The van der Waals surface area contributed by atoms with E-state index in [1.165, 1.54) is 6.07 Å². The molecule has 0 aliphatic carbocycles. The second-order valence-corrected chi connectivity index (χ2v) is 6.42. The van der Waals surface area contributed by atoms with Gasteiger partial charge in [-0.05, 0) is 50.0 Å². The monoisotopic (exact) mass is 348 g/mol. The fourth-order valence-corrected chi connectivity index (χ4v) is 2.81. The van der Waals surface area contributed by atoms with Crippen molar-refractivity contribution in [3.05, 3.63) is 28.8 Å². The SMILES string of the molecule is CC1CCN(CCC(=O)Nc2ccc(Cl)c(C(F)(F)F)c2)CC1. The molecular weight excluding hydrogens is 329 g/mol. The Morgan fingerprint density at radius 2 is 2.00 bits per heavy atom. The maximum Gasteiger partial charge on any atom is 0.417 e. The van der Waals surface area contributed by atoms with E-state index in [2.05, 4.69) is 17.1 Å². The van der Waals surface area contributed by atoms with E-state index < -0.39 is 11.7 Å². The highest BCUT2D eigenvalue weighted by Crippen LogP contribution is 2.36. The molecule has 1 saturated heterocycles. The number of likely N-dealkylation sites (tertiary alicyclic amines) is 1. The number of nitrogens with one attached hydrogen (secondary N) is 1. The van der Waals surface area contributed by atoms with Gasteiger partial charge in [0.15, 0.2) is 0 Å². The van der Waals surface area contributed by atoms with Gasteiger partial charge in [-0.25, -0.2) is 0 Å². The fourth-order valence-electron chi connectivity index (χ4n) is 2.59. The van der Waals surface area contributed by atoms with Crippen molar-refractivity contribution in [3.63, 3.8) is 0 Å². The predicted molar refractivity (Wildman–Crippen MR) is 84.5 cm³/mol. The highest BCUT2D eigenvalue weighted by Gasteiger charge is 2.33. The molecule has 128 valence electrons. The van der Waals surface area contributed by atoms with E-state index in [9.17, 15) is 18.0 Å². The van der Waals surface area contributed by atoms with Crippen molar-refractivity contribution in [3.8, 4) is 0 Å². The summed E-state index contributed by atoms with van der Waals surface area (Å²) in [5.74, 6) is 0.425. The van der Waals surface area contributed by atoms with Gasteiger partial charge in [0.2, 0.25) is 5.91 Å².